The largest absolute Gasteiger partial charge is 0.349 e. The molecule has 1 aliphatic heterocycles. The van der Waals surface area contributed by atoms with Gasteiger partial charge in [0.2, 0.25) is 0 Å². The Bertz CT molecular complexity index is 1310. The number of fused-ring (bicyclic) bond motifs is 1. The molecule has 3 aromatic heterocycles. The third-order valence-electron chi connectivity index (χ3n) is 6.17. The van der Waals surface area contributed by atoms with E-state index in [0.717, 1.165) is 35.2 Å². The van der Waals surface area contributed by atoms with Crippen LogP contribution in [0, 0.1) is 6.92 Å². The van der Waals surface area contributed by atoms with E-state index >= 15 is 0 Å². The molecule has 2 amide bonds. The minimum atomic E-state index is -0.0460. The molecule has 0 saturated carbocycles. The molecule has 0 spiro atoms. The molecule has 0 radical (unpaired) electrons. The van der Waals surface area contributed by atoms with Crippen LogP contribution < -0.4 is 5.32 Å². The highest BCUT2D eigenvalue weighted by Gasteiger charge is 2.28. The van der Waals surface area contributed by atoms with Crippen LogP contribution in [0.15, 0.2) is 53.2 Å². The second-order valence-corrected chi connectivity index (χ2v) is 9.16. The molecule has 1 aliphatic rings. The fourth-order valence-electron chi connectivity index (χ4n) is 4.43. The molecule has 0 bridgehead atoms. The number of likely N-dealkylation sites (tertiary alicyclic amines) is 1. The minimum Gasteiger partial charge on any atom is -0.349 e. The highest BCUT2D eigenvalue weighted by atomic mass is 32.1. The summed E-state index contributed by atoms with van der Waals surface area (Å²) in [6.07, 6.45) is 1.46. The van der Waals surface area contributed by atoms with E-state index in [0.29, 0.717) is 29.9 Å². The van der Waals surface area contributed by atoms with Crippen molar-refractivity contribution in [2.75, 3.05) is 13.1 Å². The Labute approximate surface area is 196 Å². The summed E-state index contributed by atoms with van der Waals surface area (Å²) in [5.74, 6) is -0.0614. The van der Waals surface area contributed by atoms with E-state index in [9.17, 15) is 9.59 Å². The zero-order valence-electron chi connectivity index (χ0n) is 18.6. The first-order valence-electron chi connectivity index (χ1n) is 11.0. The van der Waals surface area contributed by atoms with Gasteiger partial charge >= 0.3 is 0 Å². The summed E-state index contributed by atoms with van der Waals surface area (Å²) in [4.78, 5) is 32.7. The van der Waals surface area contributed by atoms with Gasteiger partial charge in [0.25, 0.3) is 11.8 Å². The van der Waals surface area contributed by atoms with Gasteiger partial charge in [-0.3, -0.25) is 14.3 Å². The van der Waals surface area contributed by atoms with Crippen molar-refractivity contribution in [2.45, 2.75) is 25.8 Å². The lowest BCUT2D eigenvalue weighted by Gasteiger charge is -2.32. The van der Waals surface area contributed by atoms with E-state index < -0.39 is 0 Å². The van der Waals surface area contributed by atoms with Crippen molar-refractivity contribution >= 4 is 34.2 Å². The predicted octanol–water partition coefficient (Wildman–Crippen LogP) is 4.04. The Balaban J connectivity index is 1.39. The molecule has 1 N–H and O–H groups in total. The van der Waals surface area contributed by atoms with Gasteiger partial charge in [0, 0.05) is 42.7 Å². The first-order chi connectivity index (χ1) is 16.0. The Morgan fingerprint density at radius 1 is 1.12 bits per heavy atom. The average Bonchev–Trinajstić information content (AvgIpc) is 3.48. The Morgan fingerprint density at radius 2 is 1.88 bits per heavy atom. The number of benzene rings is 1. The smallest absolute Gasteiger partial charge is 0.254 e. The van der Waals surface area contributed by atoms with Crippen LogP contribution in [-0.4, -0.2) is 50.6 Å². The quantitative estimate of drug-likeness (QED) is 0.500. The number of aromatic nitrogens is 3. The molecule has 1 fully saturated rings. The average molecular weight is 460 g/mol. The third-order valence-corrected chi connectivity index (χ3v) is 6.85. The summed E-state index contributed by atoms with van der Waals surface area (Å²) in [6, 6.07) is 13.7. The number of thiophene rings is 1. The van der Waals surface area contributed by atoms with Crippen molar-refractivity contribution in [2.24, 2.45) is 7.05 Å². The SMILES string of the molecule is Cc1nn(C)c2nc(-c3ccccc3)cc(C(=O)N3CCC(NC(=O)c4ccsc4)CC3)c12. The highest BCUT2D eigenvalue weighted by molar-refractivity contribution is 7.08. The molecule has 4 aromatic rings. The summed E-state index contributed by atoms with van der Waals surface area (Å²) in [7, 11) is 1.85. The second kappa shape index (κ2) is 8.78. The van der Waals surface area contributed by atoms with Gasteiger partial charge < -0.3 is 10.2 Å². The van der Waals surface area contributed by atoms with Crippen LogP contribution in [0.1, 0.15) is 39.3 Å². The number of amides is 2. The Morgan fingerprint density at radius 3 is 2.58 bits per heavy atom. The monoisotopic (exact) mass is 459 g/mol. The fraction of sp³-hybridized carbons (Fsp3) is 0.280. The number of rotatable bonds is 4. The van der Waals surface area contributed by atoms with E-state index in [1.54, 1.807) is 4.68 Å². The van der Waals surface area contributed by atoms with Crippen LogP contribution in [0.25, 0.3) is 22.3 Å². The van der Waals surface area contributed by atoms with E-state index in [1.807, 2.05) is 72.1 Å². The van der Waals surface area contributed by atoms with Crippen molar-refractivity contribution in [3.05, 3.63) is 70.0 Å². The van der Waals surface area contributed by atoms with Crippen LogP contribution in [0.2, 0.25) is 0 Å². The molecule has 1 aromatic carbocycles. The first-order valence-corrected chi connectivity index (χ1v) is 12.0. The molecule has 0 atom stereocenters. The normalized spacial score (nSPS) is 14.5. The van der Waals surface area contributed by atoms with Crippen LogP contribution >= 0.6 is 11.3 Å². The summed E-state index contributed by atoms with van der Waals surface area (Å²) in [5, 5.41) is 12.2. The molecular formula is C25H25N5O2S. The number of carbonyl (C=O) groups excluding carboxylic acids is 2. The molecule has 33 heavy (non-hydrogen) atoms. The maximum atomic E-state index is 13.6. The molecule has 1 saturated heterocycles. The lowest BCUT2D eigenvalue weighted by molar-refractivity contribution is 0.0700. The maximum absolute atomic E-state index is 13.6. The highest BCUT2D eigenvalue weighted by Crippen LogP contribution is 2.28. The van der Waals surface area contributed by atoms with E-state index in [-0.39, 0.29) is 17.9 Å². The predicted molar refractivity (Wildman–Crippen MR) is 129 cm³/mol. The van der Waals surface area contributed by atoms with Gasteiger partial charge in [-0.2, -0.15) is 16.4 Å². The van der Waals surface area contributed by atoms with E-state index in [4.69, 9.17) is 4.98 Å². The lowest BCUT2D eigenvalue weighted by atomic mass is 10.0. The van der Waals surface area contributed by atoms with Gasteiger partial charge in [-0.05, 0) is 37.3 Å². The number of piperidine rings is 1. The third kappa shape index (κ3) is 4.14. The zero-order chi connectivity index (χ0) is 22.9. The van der Waals surface area contributed by atoms with Crippen molar-refractivity contribution in [3.63, 3.8) is 0 Å². The Kier molecular flexibility index (Phi) is 5.68. The maximum Gasteiger partial charge on any atom is 0.254 e. The van der Waals surface area contributed by atoms with Crippen molar-refractivity contribution in [1.82, 2.24) is 25.0 Å². The van der Waals surface area contributed by atoms with Crippen LogP contribution in [0.3, 0.4) is 0 Å². The molecule has 0 aliphatic carbocycles. The zero-order valence-corrected chi connectivity index (χ0v) is 19.4. The van der Waals surface area contributed by atoms with Gasteiger partial charge in [0.1, 0.15) is 0 Å². The molecule has 7 nitrogen and oxygen atoms in total. The van der Waals surface area contributed by atoms with Crippen molar-refractivity contribution in [3.8, 4) is 11.3 Å². The minimum absolute atomic E-state index is 0.0155. The molecule has 0 unspecified atom stereocenters. The van der Waals surface area contributed by atoms with Crippen LogP contribution in [0.4, 0.5) is 0 Å². The van der Waals surface area contributed by atoms with Gasteiger partial charge in [0.15, 0.2) is 5.65 Å². The van der Waals surface area contributed by atoms with Crippen LogP contribution in [-0.2, 0) is 7.05 Å². The number of nitrogens with one attached hydrogen (secondary N) is 1. The number of aryl methyl sites for hydroxylation is 2. The van der Waals surface area contributed by atoms with Gasteiger partial charge in [-0.1, -0.05) is 30.3 Å². The van der Waals surface area contributed by atoms with Gasteiger partial charge in [-0.25, -0.2) is 4.98 Å². The summed E-state index contributed by atoms with van der Waals surface area (Å²) >= 11 is 1.51. The van der Waals surface area contributed by atoms with Gasteiger partial charge in [-0.15, -0.1) is 0 Å². The van der Waals surface area contributed by atoms with E-state index in [2.05, 4.69) is 10.4 Å². The number of hydrogen-bond donors (Lipinski definition) is 1. The number of hydrogen-bond acceptors (Lipinski definition) is 5. The Hall–Kier alpha value is -3.52. The molecule has 4 heterocycles. The molecule has 168 valence electrons. The summed E-state index contributed by atoms with van der Waals surface area (Å²) in [5.41, 5.74) is 4.54. The summed E-state index contributed by atoms with van der Waals surface area (Å²) in [6.45, 7) is 3.10. The van der Waals surface area contributed by atoms with Crippen molar-refractivity contribution < 1.29 is 9.59 Å². The van der Waals surface area contributed by atoms with Crippen molar-refractivity contribution in [1.29, 1.82) is 0 Å². The fourth-order valence-corrected chi connectivity index (χ4v) is 5.07. The number of pyridine rings is 1. The first kappa shape index (κ1) is 21.3. The van der Waals surface area contributed by atoms with E-state index in [1.165, 1.54) is 11.3 Å². The molecule has 8 heteroatoms. The standard InChI is InChI=1S/C25H25N5O2S/c1-16-22-20(14-21(17-6-4-3-5-7-17)27-23(22)29(2)28-16)25(32)30-11-8-19(9-12-30)26-24(31)18-10-13-33-15-18/h3-7,10,13-15,19H,8-9,11-12H2,1-2H3,(H,26,31). The molecule has 5 rings (SSSR count). The number of nitrogens with zero attached hydrogens (tertiary/aromatic N) is 4. The van der Waals surface area contributed by atoms with Gasteiger partial charge in [0.05, 0.1) is 22.3 Å². The summed E-state index contributed by atoms with van der Waals surface area (Å²) < 4.78 is 1.74. The molecular weight excluding hydrogens is 434 g/mol. The topological polar surface area (TPSA) is 80.1 Å². The van der Waals surface area contributed by atoms with Crippen LogP contribution in [0.5, 0.6) is 0 Å². The lowest BCUT2D eigenvalue weighted by Crippen LogP contribution is -2.46. The number of carbonyl (C=O) groups is 2. The second-order valence-electron chi connectivity index (χ2n) is 8.38.